The van der Waals surface area contributed by atoms with Crippen LogP contribution in [0, 0.1) is 0 Å². The molecule has 0 bridgehead atoms. The zero-order valence-electron chi connectivity index (χ0n) is 11.0. The molecule has 0 spiro atoms. The largest absolute Gasteiger partial charge is 0.330 e. The lowest BCUT2D eigenvalue weighted by molar-refractivity contribution is 0.604. The Morgan fingerprint density at radius 2 is 2.05 bits per heavy atom. The van der Waals surface area contributed by atoms with Crippen LogP contribution in [0.15, 0.2) is 47.2 Å². The molecule has 0 atom stereocenters. The van der Waals surface area contributed by atoms with Gasteiger partial charge >= 0.3 is 0 Å². The summed E-state index contributed by atoms with van der Waals surface area (Å²) in [4.78, 5) is 4.23. The van der Waals surface area contributed by atoms with Gasteiger partial charge in [-0.1, -0.05) is 34.1 Å². The molecule has 2 heterocycles. The predicted octanol–water partition coefficient (Wildman–Crippen LogP) is 3.21. The van der Waals surface area contributed by atoms with Crippen LogP contribution in [0.5, 0.6) is 0 Å². The fourth-order valence-corrected chi connectivity index (χ4v) is 2.76. The minimum atomic E-state index is 0.663. The first-order valence-corrected chi connectivity index (χ1v) is 7.36. The molecule has 20 heavy (non-hydrogen) atoms. The van der Waals surface area contributed by atoms with Gasteiger partial charge in [-0.05, 0) is 25.1 Å². The summed E-state index contributed by atoms with van der Waals surface area (Å²) in [6.07, 6.45) is 4.58. The van der Waals surface area contributed by atoms with Crippen molar-refractivity contribution in [2.75, 3.05) is 6.54 Å². The Labute approximate surface area is 125 Å². The van der Waals surface area contributed by atoms with Gasteiger partial charge in [0.15, 0.2) is 0 Å². The highest BCUT2D eigenvalue weighted by Gasteiger charge is 2.13. The van der Waals surface area contributed by atoms with Gasteiger partial charge in [0.05, 0.1) is 5.52 Å². The van der Waals surface area contributed by atoms with Crippen molar-refractivity contribution < 1.29 is 0 Å². The molecule has 1 aromatic carbocycles. The highest BCUT2D eigenvalue weighted by Crippen LogP contribution is 2.32. The molecule has 0 amide bonds. The summed E-state index contributed by atoms with van der Waals surface area (Å²) in [5.74, 6) is 0. The van der Waals surface area contributed by atoms with Gasteiger partial charge in [0.2, 0.25) is 0 Å². The van der Waals surface area contributed by atoms with Gasteiger partial charge in [-0.2, -0.15) is 5.10 Å². The molecule has 0 saturated carbocycles. The molecule has 0 aliphatic heterocycles. The summed E-state index contributed by atoms with van der Waals surface area (Å²) in [5, 5.41) is 5.82. The second kappa shape index (κ2) is 5.73. The molecule has 5 heteroatoms. The second-order valence-electron chi connectivity index (χ2n) is 4.59. The topological polar surface area (TPSA) is 56.7 Å². The summed E-state index contributed by atoms with van der Waals surface area (Å²) in [6, 6.07) is 10.1. The van der Waals surface area contributed by atoms with Crippen molar-refractivity contribution in [1.82, 2.24) is 14.8 Å². The molecule has 0 radical (unpaired) electrons. The molecule has 102 valence electrons. The lowest BCUT2D eigenvalue weighted by Crippen LogP contribution is -2.06. The minimum absolute atomic E-state index is 0.663. The monoisotopic (exact) mass is 330 g/mol. The number of halogens is 1. The fraction of sp³-hybridized carbons (Fsp3) is 0.200. The average Bonchev–Trinajstić information content (AvgIpc) is 2.84. The molecule has 2 aromatic heterocycles. The van der Waals surface area contributed by atoms with Crippen LogP contribution in [0.4, 0.5) is 0 Å². The molecule has 0 saturated heterocycles. The Morgan fingerprint density at radius 1 is 1.20 bits per heavy atom. The van der Waals surface area contributed by atoms with Gasteiger partial charge in [-0.25, -0.2) is 0 Å². The highest BCUT2D eigenvalue weighted by molar-refractivity contribution is 9.10. The number of hydrogen-bond acceptors (Lipinski definition) is 3. The molecular formula is C15H15BrN4. The fourth-order valence-electron chi connectivity index (χ4n) is 2.29. The quantitative estimate of drug-likeness (QED) is 0.799. The zero-order valence-corrected chi connectivity index (χ0v) is 12.5. The number of nitrogens with zero attached hydrogens (tertiary/aromatic N) is 3. The summed E-state index contributed by atoms with van der Waals surface area (Å²) >= 11 is 3.59. The minimum Gasteiger partial charge on any atom is -0.330 e. The Morgan fingerprint density at radius 3 is 2.85 bits per heavy atom. The second-order valence-corrected chi connectivity index (χ2v) is 5.44. The molecular weight excluding hydrogens is 316 g/mol. The Kier molecular flexibility index (Phi) is 3.80. The van der Waals surface area contributed by atoms with Crippen molar-refractivity contribution in [3.05, 3.63) is 47.2 Å². The Balaban J connectivity index is 2.19. The zero-order chi connectivity index (χ0) is 13.9. The predicted molar refractivity (Wildman–Crippen MR) is 84.3 cm³/mol. The van der Waals surface area contributed by atoms with Gasteiger partial charge in [-0.15, -0.1) is 0 Å². The van der Waals surface area contributed by atoms with E-state index in [4.69, 9.17) is 10.8 Å². The molecule has 0 aliphatic rings. The highest BCUT2D eigenvalue weighted by atomic mass is 79.9. The van der Waals surface area contributed by atoms with E-state index in [-0.39, 0.29) is 0 Å². The normalized spacial score (nSPS) is 11.1. The van der Waals surface area contributed by atoms with Crippen LogP contribution in [0.2, 0.25) is 0 Å². The summed E-state index contributed by atoms with van der Waals surface area (Å²) in [5.41, 5.74) is 8.73. The van der Waals surface area contributed by atoms with Crippen molar-refractivity contribution in [2.24, 2.45) is 5.73 Å². The maximum absolute atomic E-state index is 5.60. The number of hydrogen-bond donors (Lipinski definition) is 1. The van der Waals surface area contributed by atoms with E-state index >= 15 is 0 Å². The maximum Gasteiger partial charge on any atom is 0.103 e. The average molecular weight is 331 g/mol. The first-order valence-electron chi connectivity index (χ1n) is 6.57. The van der Waals surface area contributed by atoms with E-state index < -0.39 is 0 Å². The van der Waals surface area contributed by atoms with Crippen LogP contribution in [0.25, 0.3) is 22.2 Å². The number of rotatable bonds is 4. The van der Waals surface area contributed by atoms with Crippen LogP contribution < -0.4 is 5.73 Å². The van der Waals surface area contributed by atoms with Crippen molar-refractivity contribution in [1.29, 1.82) is 0 Å². The van der Waals surface area contributed by atoms with E-state index in [2.05, 4.69) is 27.0 Å². The Hall–Kier alpha value is -1.72. The number of pyridine rings is 1. The van der Waals surface area contributed by atoms with E-state index in [1.165, 1.54) is 0 Å². The van der Waals surface area contributed by atoms with Crippen LogP contribution in [0.1, 0.15) is 6.42 Å². The van der Waals surface area contributed by atoms with Crippen molar-refractivity contribution in [2.45, 2.75) is 13.0 Å². The molecule has 0 fully saturated rings. The van der Waals surface area contributed by atoms with Gasteiger partial charge in [0.1, 0.15) is 5.69 Å². The van der Waals surface area contributed by atoms with Gasteiger partial charge < -0.3 is 5.73 Å². The first-order chi connectivity index (χ1) is 9.81. The van der Waals surface area contributed by atoms with E-state index in [0.717, 1.165) is 39.6 Å². The van der Waals surface area contributed by atoms with Crippen molar-refractivity contribution in [3.63, 3.8) is 0 Å². The van der Waals surface area contributed by atoms with Crippen LogP contribution in [0.3, 0.4) is 0 Å². The molecule has 0 unspecified atom stereocenters. The molecule has 3 rings (SSSR count). The Bertz CT molecular complexity index is 736. The lowest BCUT2D eigenvalue weighted by atomic mass is 10.1. The molecule has 3 aromatic rings. The van der Waals surface area contributed by atoms with Crippen LogP contribution in [-0.2, 0) is 6.54 Å². The lowest BCUT2D eigenvalue weighted by Gasteiger charge is -2.01. The SMILES string of the molecule is NCCCn1nc(-c2ccccc2Br)c2cnccc21. The number of benzene rings is 1. The van der Waals surface area contributed by atoms with E-state index in [1.807, 2.05) is 35.1 Å². The third kappa shape index (κ3) is 2.34. The third-order valence-corrected chi connectivity index (χ3v) is 3.95. The van der Waals surface area contributed by atoms with Crippen molar-refractivity contribution in [3.8, 4) is 11.3 Å². The maximum atomic E-state index is 5.60. The van der Waals surface area contributed by atoms with E-state index in [1.54, 1.807) is 6.20 Å². The van der Waals surface area contributed by atoms with Gasteiger partial charge in [0.25, 0.3) is 0 Å². The van der Waals surface area contributed by atoms with E-state index in [0.29, 0.717) is 6.54 Å². The number of fused-ring (bicyclic) bond motifs is 1. The number of aryl methyl sites for hydroxylation is 1. The summed E-state index contributed by atoms with van der Waals surface area (Å²) < 4.78 is 3.05. The first kappa shape index (κ1) is 13.3. The van der Waals surface area contributed by atoms with Crippen molar-refractivity contribution >= 4 is 26.8 Å². The molecule has 0 aliphatic carbocycles. The van der Waals surface area contributed by atoms with Gasteiger partial charge in [-0.3, -0.25) is 9.67 Å². The molecule has 2 N–H and O–H groups in total. The van der Waals surface area contributed by atoms with Gasteiger partial charge in [0, 0.05) is 34.4 Å². The smallest absolute Gasteiger partial charge is 0.103 e. The number of nitrogens with two attached hydrogens (primary N) is 1. The van der Waals surface area contributed by atoms with E-state index in [9.17, 15) is 0 Å². The van der Waals surface area contributed by atoms with Crippen LogP contribution >= 0.6 is 15.9 Å². The summed E-state index contributed by atoms with van der Waals surface area (Å²) in [7, 11) is 0. The number of aromatic nitrogens is 3. The third-order valence-electron chi connectivity index (χ3n) is 3.25. The molecule has 4 nitrogen and oxygen atoms in total. The summed E-state index contributed by atoms with van der Waals surface area (Å²) in [6.45, 7) is 1.48. The standard InChI is InChI=1S/C15H15BrN4/c16-13-5-2-1-4-11(13)15-12-10-18-8-6-14(12)20(19-15)9-3-7-17/h1-2,4-6,8,10H,3,7,9,17H2. The van der Waals surface area contributed by atoms with Crippen LogP contribution in [-0.4, -0.2) is 21.3 Å².